The van der Waals surface area contributed by atoms with Gasteiger partial charge >= 0.3 is 0 Å². The first-order valence-electron chi connectivity index (χ1n) is 7.27. The molecule has 0 bridgehead atoms. The Bertz CT molecular complexity index is 428. The van der Waals surface area contributed by atoms with Crippen molar-refractivity contribution in [3.8, 4) is 0 Å². The molecule has 2 aliphatic heterocycles. The largest absolute Gasteiger partial charge is 0.341 e. The van der Waals surface area contributed by atoms with Crippen LogP contribution in [-0.2, 0) is 15.0 Å². The first kappa shape index (κ1) is 15.7. The molecule has 0 aromatic rings. The Morgan fingerprint density at radius 2 is 1.70 bits per heavy atom. The van der Waals surface area contributed by atoms with E-state index in [9.17, 15) is 13.2 Å². The van der Waals surface area contributed by atoms with Crippen molar-refractivity contribution < 1.29 is 13.2 Å². The van der Waals surface area contributed by atoms with Crippen LogP contribution in [0.3, 0.4) is 0 Å². The zero-order chi connectivity index (χ0) is 14.6. The van der Waals surface area contributed by atoms with Crippen LogP contribution < -0.4 is 10.0 Å². The van der Waals surface area contributed by atoms with Gasteiger partial charge in [0.05, 0.1) is 6.04 Å². The number of hydrogen-bond donors (Lipinski definition) is 2. The molecule has 116 valence electrons. The van der Waals surface area contributed by atoms with Crippen LogP contribution in [0.25, 0.3) is 0 Å². The molecule has 0 spiro atoms. The van der Waals surface area contributed by atoms with E-state index < -0.39 is 16.3 Å². The highest BCUT2D eigenvalue weighted by Gasteiger charge is 2.29. The molecular weight excluding hydrogens is 280 g/mol. The van der Waals surface area contributed by atoms with Crippen LogP contribution in [-0.4, -0.2) is 68.8 Å². The first-order valence-corrected chi connectivity index (χ1v) is 8.71. The lowest BCUT2D eigenvalue weighted by Gasteiger charge is -2.31. The fourth-order valence-corrected chi connectivity index (χ4v) is 3.98. The van der Waals surface area contributed by atoms with E-state index in [4.69, 9.17) is 0 Å². The monoisotopic (exact) mass is 304 g/mol. The van der Waals surface area contributed by atoms with E-state index in [2.05, 4.69) is 10.0 Å². The van der Waals surface area contributed by atoms with Gasteiger partial charge in [0.1, 0.15) is 0 Å². The second-order valence-electron chi connectivity index (χ2n) is 5.38. The number of likely N-dealkylation sites (tertiary alicyclic amines) is 1. The van der Waals surface area contributed by atoms with Gasteiger partial charge < -0.3 is 10.2 Å². The van der Waals surface area contributed by atoms with Gasteiger partial charge in [0.25, 0.3) is 10.2 Å². The fourth-order valence-electron chi connectivity index (χ4n) is 2.62. The molecule has 1 unspecified atom stereocenters. The molecule has 2 rings (SSSR count). The highest BCUT2D eigenvalue weighted by molar-refractivity contribution is 7.87. The molecule has 7 nitrogen and oxygen atoms in total. The molecular formula is C12H24N4O3S. The molecule has 2 fully saturated rings. The van der Waals surface area contributed by atoms with Crippen molar-refractivity contribution in [3.05, 3.63) is 0 Å². The van der Waals surface area contributed by atoms with E-state index in [0.29, 0.717) is 26.2 Å². The minimum absolute atomic E-state index is 0.122. The van der Waals surface area contributed by atoms with Crippen LogP contribution >= 0.6 is 0 Å². The summed E-state index contributed by atoms with van der Waals surface area (Å²) in [4.78, 5) is 14.0. The van der Waals surface area contributed by atoms with Crippen molar-refractivity contribution in [1.82, 2.24) is 19.2 Å². The van der Waals surface area contributed by atoms with Gasteiger partial charge in [-0.2, -0.15) is 17.4 Å². The summed E-state index contributed by atoms with van der Waals surface area (Å²) in [5.74, 6) is -0.122. The summed E-state index contributed by atoms with van der Waals surface area (Å²) >= 11 is 0. The molecule has 1 amide bonds. The molecule has 0 aliphatic carbocycles. The van der Waals surface area contributed by atoms with Crippen molar-refractivity contribution in [2.75, 3.05) is 39.3 Å². The van der Waals surface area contributed by atoms with Gasteiger partial charge in [0.15, 0.2) is 0 Å². The summed E-state index contributed by atoms with van der Waals surface area (Å²) < 4.78 is 28.3. The smallest absolute Gasteiger partial charge is 0.280 e. The standard InChI is InChI=1S/C12H24N4O3S/c1-11(12(17)15-7-3-2-4-8-15)14-20(18,19)16-9-5-13-6-10-16/h11,13-14H,2-10H2,1H3. The van der Waals surface area contributed by atoms with E-state index in [1.54, 1.807) is 11.8 Å². The molecule has 2 aliphatic rings. The SMILES string of the molecule is CC(NS(=O)(=O)N1CCNCC1)C(=O)N1CCCCC1. The van der Waals surface area contributed by atoms with Crippen LogP contribution in [0.2, 0.25) is 0 Å². The second-order valence-corrected chi connectivity index (χ2v) is 7.08. The summed E-state index contributed by atoms with van der Waals surface area (Å²) in [6, 6.07) is -0.701. The molecule has 0 aromatic heterocycles. The van der Waals surface area contributed by atoms with Crippen molar-refractivity contribution in [1.29, 1.82) is 0 Å². The van der Waals surface area contributed by atoms with Crippen LogP contribution in [0.4, 0.5) is 0 Å². The minimum Gasteiger partial charge on any atom is -0.341 e. The Balaban J connectivity index is 1.91. The zero-order valence-corrected chi connectivity index (χ0v) is 12.8. The summed E-state index contributed by atoms with van der Waals surface area (Å²) in [7, 11) is -3.57. The highest BCUT2D eigenvalue weighted by atomic mass is 32.2. The number of carbonyl (C=O) groups excluding carboxylic acids is 1. The number of nitrogens with zero attached hydrogens (tertiary/aromatic N) is 2. The number of hydrogen-bond acceptors (Lipinski definition) is 4. The summed E-state index contributed by atoms with van der Waals surface area (Å²) in [6.45, 7) is 5.28. The first-order chi connectivity index (χ1) is 9.50. The van der Waals surface area contributed by atoms with E-state index in [0.717, 1.165) is 32.4 Å². The molecule has 0 aromatic carbocycles. The van der Waals surface area contributed by atoms with Gasteiger partial charge in [-0.1, -0.05) is 0 Å². The Morgan fingerprint density at radius 1 is 1.10 bits per heavy atom. The number of piperazine rings is 1. The Hall–Kier alpha value is -0.700. The van der Waals surface area contributed by atoms with Gasteiger partial charge in [0.2, 0.25) is 5.91 Å². The van der Waals surface area contributed by atoms with E-state index in [-0.39, 0.29) is 5.91 Å². The Kier molecular flexibility index (Phi) is 5.36. The van der Waals surface area contributed by atoms with Gasteiger partial charge in [-0.3, -0.25) is 4.79 Å². The highest BCUT2D eigenvalue weighted by Crippen LogP contribution is 2.11. The molecule has 2 heterocycles. The third-order valence-corrected chi connectivity index (χ3v) is 5.48. The van der Waals surface area contributed by atoms with E-state index >= 15 is 0 Å². The molecule has 0 radical (unpaired) electrons. The maximum absolute atomic E-state index is 12.2. The lowest BCUT2D eigenvalue weighted by Crippen LogP contribution is -2.55. The van der Waals surface area contributed by atoms with Crippen LogP contribution in [0.1, 0.15) is 26.2 Å². The third kappa shape index (κ3) is 3.91. The molecule has 8 heteroatoms. The number of amides is 1. The quantitative estimate of drug-likeness (QED) is 0.707. The average molecular weight is 304 g/mol. The predicted octanol–water partition coefficient (Wildman–Crippen LogP) is -0.873. The van der Waals surface area contributed by atoms with Gasteiger partial charge in [0, 0.05) is 39.3 Å². The van der Waals surface area contributed by atoms with Gasteiger partial charge in [-0.05, 0) is 26.2 Å². The second kappa shape index (κ2) is 6.84. The van der Waals surface area contributed by atoms with Gasteiger partial charge in [-0.25, -0.2) is 0 Å². The van der Waals surface area contributed by atoms with Crippen LogP contribution in [0, 0.1) is 0 Å². The number of rotatable bonds is 4. The lowest BCUT2D eigenvalue weighted by atomic mass is 10.1. The van der Waals surface area contributed by atoms with Crippen molar-refractivity contribution >= 4 is 16.1 Å². The van der Waals surface area contributed by atoms with Crippen molar-refractivity contribution in [3.63, 3.8) is 0 Å². The summed E-state index contributed by atoms with van der Waals surface area (Å²) in [5.41, 5.74) is 0. The maximum atomic E-state index is 12.2. The molecule has 2 saturated heterocycles. The molecule has 1 atom stereocenters. The van der Waals surface area contributed by atoms with Gasteiger partial charge in [-0.15, -0.1) is 0 Å². The van der Waals surface area contributed by atoms with E-state index in [1.165, 1.54) is 4.31 Å². The maximum Gasteiger partial charge on any atom is 0.280 e. The number of carbonyl (C=O) groups is 1. The van der Waals surface area contributed by atoms with Crippen molar-refractivity contribution in [2.24, 2.45) is 0 Å². The topological polar surface area (TPSA) is 81.8 Å². The van der Waals surface area contributed by atoms with Crippen LogP contribution in [0.5, 0.6) is 0 Å². The minimum atomic E-state index is -3.57. The average Bonchev–Trinajstić information content (AvgIpc) is 2.48. The van der Waals surface area contributed by atoms with E-state index in [1.807, 2.05) is 0 Å². The third-order valence-electron chi connectivity index (χ3n) is 3.78. The van der Waals surface area contributed by atoms with Crippen molar-refractivity contribution in [2.45, 2.75) is 32.2 Å². The Morgan fingerprint density at radius 3 is 2.30 bits per heavy atom. The summed E-state index contributed by atoms with van der Waals surface area (Å²) in [5, 5.41) is 3.11. The number of piperidine rings is 1. The lowest BCUT2D eigenvalue weighted by molar-refractivity contribution is -0.133. The Labute approximate surface area is 120 Å². The zero-order valence-electron chi connectivity index (χ0n) is 12.0. The molecule has 0 saturated carbocycles. The molecule has 2 N–H and O–H groups in total. The van der Waals surface area contributed by atoms with Crippen LogP contribution in [0.15, 0.2) is 0 Å². The number of nitrogens with one attached hydrogen (secondary N) is 2. The summed E-state index contributed by atoms with van der Waals surface area (Å²) in [6.07, 6.45) is 3.15. The predicted molar refractivity (Wildman–Crippen MR) is 76.4 cm³/mol. The fraction of sp³-hybridized carbons (Fsp3) is 0.917. The normalized spacial score (nSPS) is 23.6. The molecule has 20 heavy (non-hydrogen) atoms.